The molecule has 8 aromatic carbocycles. The molecule has 0 aliphatic rings. The maximum absolute atomic E-state index is 9.06. The van der Waals surface area contributed by atoms with E-state index in [-0.39, 0.29) is 35.3 Å². The summed E-state index contributed by atoms with van der Waals surface area (Å²) in [5.41, 5.74) is 5.87. The Morgan fingerprint density at radius 3 is 1.72 bits per heavy atom. The molecule has 0 fully saturated rings. The van der Waals surface area contributed by atoms with Gasteiger partial charge in [0.25, 0.3) is 0 Å². The molecule has 0 aliphatic carbocycles. The normalized spacial score (nSPS) is 14.4. The second-order valence-corrected chi connectivity index (χ2v) is 11.2. The number of hydrogen-bond acceptors (Lipinski definition) is 1. The van der Waals surface area contributed by atoms with Crippen molar-refractivity contribution >= 4 is 32.6 Å². The fourth-order valence-corrected chi connectivity index (χ4v) is 6.54. The van der Waals surface area contributed by atoms with Gasteiger partial charge in [0, 0.05) is 11.3 Å². The molecule has 0 N–H and O–H groups in total. The van der Waals surface area contributed by atoms with Crippen LogP contribution in [0.1, 0.15) is 13.7 Å². The van der Waals surface area contributed by atoms with Crippen LogP contribution >= 0.6 is 0 Å². The minimum Gasteiger partial charge on any atom is -0.292 e. The smallest absolute Gasteiger partial charge is 0.145 e. The van der Waals surface area contributed by atoms with Gasteiger partial charge in [-0.15, -0.1) is 0 Å². The number of fused-ring (bicyclic) bond motifs is 3. The lowest BCUT2D eigenvalue weighted by Crippen LogP contribution is -1.98. The van der Waals surface area contributed by atoms with E-state index in [2.05, 4.69) is 4.57 Å². The quantitative estimate of drug-likeness (QED) is 0.178. The lowest BCUT2D eigenvalue weighted by molar-refractivity contribution is 1.10. The Hall–Kier alpha value is -6.25. The first-order valence-electron chi connectivity index (χ1n) is 20.2. The first-order valence-corrected chi connectivity index (χ1v) is 15.2. The molecule has 0 atom stereocenters. The van der Waals surface area contributed by atoms with Crippen molar-refractivity contribution in [3.8, 4) is 50.5 Å². The van der Waals surface area contributed by atoms with Crippen LogP contribution in [0, 0.1) is 0 Å². The van der Waals surface area contributed by atoms with E-state index in [0.717, 1.165) is 39.2 Å². The van der Waals surface area contributed by atoms with Crippen LogP contribution in [0.4, 0.5) is 0 Å². The molecule has 0 bridgehead atoms. The van der Waals surface area contributed by atoms with Crippen LogP contribution in [-0.4, -0.2) is 9.55 Å². The fraction of sp³-hybridized carbons (Fsp3) is 0. The van der Waals surface area contributed by atoms with Crippen LogP contribution in [-0.2, 0) is 0 Å². The van der Waals surface area contributed by atoms with Gasteiger partial charge in [-0.1, -0.05) is 151 Å². The molecule has 0 spiro atoms. The van der Waals surface area contributed by atoms with Crippen molar-refractivity contribution in [2.45, 2.75) is 0 Å². The molecule has 0 aliphatic heterocycles. The molecule has 0 unspecified atom stereocenters. The molecule has 2 nitrogen and oxygen atoms in total. The molecule has 9 rings (SSSR count). The highest BCUT2D eigenvalue weighted by Gasteiger charge is 2.18. The summed E-state index contributed by atoms with van der Waals surface area (Å²) in [5.74, 6) is 0.769. The van der Waals surface area contributed by atoms with Gasteiger partial charge in [0.2, 0.25) is 0 Å². The van der Waals surface area contributed by atoms with Crippen LogP contribution in [0.2, 0.25) is 0 Å². The highest BCUT2D eigenvalue weighted by Crippen LogP contribution is 2.45. The van der Waals surface area contributed by atoms with Gasteiger partial charge in [0.05, 0.1) is 24.7 Å². The predicted molar refractivity (Wildman–Crippen MR) is 198 cm³/mol. The number of hydrogen-bond donors (Lipinski definition) is 0. The van der Waals surface area contributed by atoms with Gasteiger partial charge in [-0.05, 0) is 85.3 Å². The maximum Gasteiger partial charge on any atom is 0.145 e. The molecular formula is C45H30N2. The van der Waals surface area contributed by atoms with Crippen LogP contribution in [0.15, 0.2) is 182 Å². The van der Waals surface area contributed by atoms with Gasteiger partial charge in [-0.3, -0.25) is 4.57 Å². The molecule has 1 aromatic heterocycles. The van der Waals surface area contributed by atoms with Gasteiger partial charge in [-0.2, -0.15) is 0 Å². The first-order chi connectivity index (χ1) is 27.5. The Labute approximate surface area is 287 Å². The van der Waals surface area contributed by atoms with Gasteiger partial charge in [0.1, 0.15) is 5.82 Å². The summed E-state index contributed by atoms with van der Waals surface area (Å²) in [6.07, 6.45) is 0. The standard InChI is InChI=1S/C45H30N2/c1-4-15-31(16-5-1)43-37-23-10-11-24-38(37)44(32-17-6-2-7-18-32)40-30-35(27-28-39(40)43)34-21-14-22-36(29-34)47-42-26-13-12-25-41(42)46-45(47)33-19-8-3-9-20-33/h1-30H/i1D,2D,4D,5D,6D,7D,15D,16D,17D,18D. The summed E-state index contributed by atoms with van der Waals surface area (Å²) >= 11 is 0. The van der Waals surface area contributed by atoms with Crippen molar-refractivity contribution in [3.63, 3.8) is 0 Å². The van der Waals surface area contributed by atoms with Crippen LogP contribution in [0.5, 0.6) is 0 Å². The van der Waals surface area contributed by atoms with E-state index in [1.54, 1.807) is 24.3 Å². The van der Waals surface area contributed by atoms with E-state index in [1.807, 2.05) is 97.1 Å². The fourth-order valence-electron chi connectivity index (χ4n) is 6.54. The number of benzene rings is 8. The monoisotopic (exact) mass is 608 g/mol. The maximum atomic E-state index is 9.06. The van der Waals surface area contributed by atoms with E-state index in [1.165, 1.54) is 0 Å². The van der Waals surface area contributed by atoms with Crippen molar-refractivity contribution in [2.24, 2.45) is 0 Å². The molecular weight excluding hydrogens is 569 g/mol. The first kappa shape index (κ1) is 18.7. The molecule has 47 heavy (non-hydrogen) atoms. The lowest BCUT2D eigenvalue weighted by Gasteiger charge is -2.19. The zero-order valence-corrected chi connectivity index (χ0v) is 24.9. The van der Waals surface area contributed by atoms with Gasteiger partial charge in [0.15, 0.2) is 0 Å². The van der Waals surface area contributed by atoms with Gasteiger partial charge < -0.3 is 0 Å². The largest absolute Gasteiger partial charge is 0.292 e. The Bertz CT molecular complexity index is 3080. The third-order valence-electron chi connectivity index (χ3n) is 8.55. The van der Waals surface area contributed by atoms with E-state index < -0.39 is 36.3 Å². The summed E-state index contributed by atoms with van der Waals surface area (Å²) in [5, 5.41) is 1.96. The van der Waals surface area contributed by atoms with Crippen LogP contribution in [0.3, 0.4) is 0 Å². The van der Waals surface area contributed by atoms with Crippen molar-refractivity contribution in [2.75, 3.05) is 0 Å². The predicted octanol–water partition coefficient (Wildman–Crippen LogP) is 12.0. The summed E-state index contributed by atoms with van der Waals surface area (Å²) in [6, 6.07) is 34.0. The van der Waals surface area contributed by atoms with Crippen molar-refractivity contribution in [1.82, 2.24) is 9.55 Å². The summed E-state index contributed by atoms with van der Waals surface area (Å²) in [7, 11) is 0. The Balaban J connectivity index is 1.38. The SMILES string of the molecule is [2H]c1c([2H])c([2H])c(-c2c3ccccc3c(-c3c([2H])c([2H])c([2H])c([2H])c3[2H])c3cc(-c4cccc(-n5c(-c6ccccc6)nc6ccccc65)c4)ccc23)c([2H])c1[2H]. The molecule has 0 saturated carbocycles. The topological polar surface area (TPSA) is 17.8 Å². The summed E-state index contributed by atoms with van der Waals surface area (Å²) < 4.78 is 89.0. The van der Waals surface area contributed by atoms with Crippen molar-refractivity contribution in [3.05, 3.63) is 182 Å². The molecule has 1 heterocycles. The van der Waals surface area contributed by atoms with Gasteiger partial charge in [-0.25, -0.2) is 4.98 Å². The highest BCUT2D eigenvalue weighted by molar-refractivity contribution is 6.22. The third-order valence-corrected chi connectivity index (χ3v) is 8.55. The zero-order valence-electron chi connectivity index (χ0n) is 34.9. The lowest BCUT2D eigenvalue weighted by atomic mass is 9.85. The number of rotatable bonds is 5. The average Bonchev–Trinajstić information content (AvgIpc) is 3.64. The van der Waals surface area contributed by atoms with E-state index >= 15 is 0 Å². The van der Waals surface area contributed by atoms with E-state index in [9.17, 15) is 0 Å². The van der Waals surface area contributed by atoms with E-state index in [4.69, 9.17) is 18.7 Å². The van der Waals surface area contributed by atoms with Crippen LogP contribution in [0.25, 0.3) is 83.0 Å². The number of nitrogens with zero attached hydrogens (tertiary/aromatic N) is 2. The summed E-state index contributed by atoms with van der Waals surface area (Å²) in [4.78, 5) is 5.00. The molecule has 2 heteroatoms. The number of aromatic nitrogens is 2. The zero-order chi connectivity index (χ0) is 39.9. The van der Waals surface area contributed by atoms with Crippen LogP contribution < -0.4 is 0 Å². The minimum atomic E-state index is -0.516. The van der Waals surface area contributed by atoms with E-state index in [0.29, 0.717) is 32.7 Å². The van der Waals surface area contributed by atoms with Crippen molar-refractivity contribution in [1.29, 1.82) is 0 Å². The van der Waals surface area contributed by atoms with Crippen molar-refractivity contribution < 1.29 is 13.7 Å². The highest BCUT2D eigenvalue weighted by atomic mass is 15.1. The molecule has 9 aromatic rings. The number of imidazole rings is 1. The Morgan fingerprint density at radius 1 is 0.426 bits per heavy atom. The average molecular weight is 609 g/mol. The second kappa shape index (κ2) is 11.3. The molecule has 220 valence electrons. The van der Waals surface area contributed by atoms with Gasteiger partial charge >= 0.3 is 0 Å². The number of para-hydroxylation sites is 2. The Kier molecular flexibility index (Phi) is 4.48. The molecule has 0 amide bonds. The second-order valence-electron chi connectivity index (χ2n) is 11.2. The minimum absolute atomic E-state index is 0.00176. The summed E-state index contributed by atoms with van der Waals surface area (Å²) in [6.45, 7) is 0. The molecule has 0 saturated heterocycles. The Morgan fingerprint density at radius 2 is 1.00 bits per heavy atom. The third kappa shape index (κ3) is 4.62. The molecule has 0 radical (unpaired) electrons.